The molecule has 0 atom stereocenters. The Labute approximate surface area is 101 Å². The van der Waals surface area contributed by atoms with Gasteiger partial charge in [0.25, 0.3) is 0 Å². The predicted molar refractivity (Wildman–Crippen MR) is 70.2 cm³/mol. The highest BCUT2D eigenvalue weighted by Gasteiger charge is 2.13. The van der Waals surface area contributed by atoms with Crippen LogP contribution in [0.1, 0.15) is 11.1 Å². The fourth-order valence-corrected chi connectivity index (χ4v) is 3.55. The standard InChI is InChI=1S/C13H9BrS/c14-13-10-4-1-3-9(10)6-7-11(13)12-5-2-8-15-12/h1-3,5-8H,4H2. The Bertz CT molecular complexity index is 524. The van der Waals surface area contributed by atoms with Crippen LogP contribution >= 0.6 is 27.3 Å². The lowest BCUT2D eigenvalue weighted by atomic mass is 10.1. The minimum atomic E-state index is 1.05. The summed E-state index contributed by atoms with van der Waals surface area (Å²) in [7, 11) is 0. The summed E-state index contributed by atoms with van der Waals surface area (Å²) < 4.78 is 1.26. The zero-order valence-corrected chi connectivity index (χ0v) is 10.4. The summed E-state index contributed by atoms with van der Waals surface area (Å²) in [5.41, 5.74) is 4.08. The van der Waals surface area contributed by atoms with E-state index in [1.807, 2.05) is 0 Å². The number of thiophene rings is 1. The van der Waals surface area contributed by atoms with Crippen LogP contribution in [-0.4, -0.2) is 0 Å². The van der Waals surface area contributed by atoms with Crippen LogP contribution in [0.4, 0.5) is 0 Å². The lowest BCUT2D eigenvalue weighted by Gasteiger charge is -2.07. The summed E-state index contributed by atoms with van der Waals surface area (Å²) in [6, 6.07) is 8.67. The highest BCUT2D eigenvalue weighted by atomic mass is 79.9. The normalized spacial score (nSPS) is 13.1. The van der Waals surface area contributed by atoms with Crippen molar-refractivity contribution in [1.29, 1.82) is 0 Å². The molecule has 74 valence electrons. The minimum Gasteiger partial charge on any atom is -0.144 e. The summed E-state index contributed by atoms with van der Waals surface area (Å²) in [6.07, 6.45) is 5.46. The molecule has 1 aromatic carbocycles. The van der Waals surface area contributed by atoms with Crippen molar-refractivity contribution in [3.8, 4) is 10.4 Å². The Balaban J connectivity index is 2.20. The molecule has 1 aliphatic carbocycles. The number of fused-ring (bicyclic) bond motifs is 1. The van der Waals surface area contributed by atoms with Crippen LogP contribution in [0.25, 0.3) is 16.5 Å². The van der Waals surface area contributed by atoms with Crippen LogP contribution in [-0.2, 0) is 6.42 Å². The van der Waals surface area contributed by atoms with Gasteiger partial charge in [-0.3, -0.25) is 0 Å². The largest absolute Gasteiger partial charge is 0.144 e. The third-order valence-corrected chi connectivity index (χ3v) is 4.49. The van der Waals surface area contributed by atoms with Crippen LogP contribution in [0, 0.1) is 0 Å². The summed E-state index contributed by atoms with van der Waals surface area (Å²) >= 11 is 5.51. The molecule has 1 aliphatic rings. The first kappa shape index (κ1) is 9.37. The third kappa shape index (κ3) is 1.48. The topological polar surface area (TPSA) is 0 Å². The fourth-order valence-electron chi connectivity index (χ4n) is 1.93. The van der Waals surface area contributed by atoms with E-state index in [0.717, 1.165) is 6.42 Å². The molecule has 0 amide bonds. The zero-order chi connectivity index (χ0) is 10.3. The van der Waals surface area contributed by atoms with Crippen LogP contribution in [0.15, 0.2) is 40.2 Å². The Hall–Kier alpha value is -0.860. The van der Waals surface area contributed by atoms with E-state index < -0.39 is 0 Å². The van der Waals surface area contributed by atoms with Crippen LogP contribution in [0.5, 0.6) is 0 Å². The quantitative estimate of drug-likeness (QED) is 0.705. The number of halogens is 1. The van der Waals surface area contributed by atoms with Gasteiger partial charge in [-0.05, 0) is 44.9 Å². The van der Waals surface area contributed by atoms with Crippen molar-refractivity contribution in [2.24, 2.45) is 0 Å². The molecule has 0 nitrogen and oxygen atoms in total. The van der Waals surface area contributed by atoms with Crippen LogP contribution < -0.4 is 0 Å². The maximum atomic E-state index is 3.72. The van der Waals surface area contributed by atoms with Crippen molar-refractivity contribution in [3.05, 3.63) is 51.3 Å². The summed E-state index contributed by atoms with van der Waals surface area (Å²) in [5, 5.41) is 2.12. The molecule has 0 aliphatic heterocycles. The molecule has 0 saturated heterocycles. The summed E-state index contributed by atoms with van der Waals surface area (Å²) in [6.45, 7) is 0. The SMILES string of the molecule is Brc1c(-c2cccs2)ccc2c1CC=C2. The maximum absolute atomic E-state index is 3.72. The molecule has 2 heteroatoms. The number of rotatable bonds is 1. The highest BCUT2D eigenvalue weighted by molar-refractivity contribution is 9.10. The van der Waals surface area contributed by atoms with Gasteiger partial charge in [0.05, 0.1) is 0 Å². The molecule has 0 spiro atoms. The molecule has 0 radical (unpaired) electrons. The maximum Gasteiger partial charge on any atom is 0.0354 e. The van der Waals surface area contributed by atoms with Gasteiger partial charge in [0, 0.05) is 14.9 Å². The third-order valence-electron chi connectivity index (χ3n) is 2.69. The second kappa shape index (κ2) is 3.62. The lowest BCUT2D eigenvalue weighted by Crippen LogP contribution is -1.86. The Morgan fingerprint density at radius 3 is 2.93 bits per heavy atom. The zero-order valence-electron chi connectivity index (χ0n) is 8.03. The lowest BCUT2D eigenvalue weighted by molar-refractivity contribution is 1.29. The van der Waals surface area contributed by atoms with E-state index in [2.05, 4.69) is 57.7 Å². The van der Waals surface area contributed by atoms with Crippen LogP contribution in [0.2, 0.25) is 0 Å². The predicted octanol–water partition coefficient (Wildman–Crippen LogP) is 4.75. The van der Waals surface area contributed by atoms with Gasteiger partial charge in [-0.25, -0.2) is 0 Å². The molecule has 3 rings (SSSR count). The molecule has 2 aromatic rings. The van der Waals surface area contributed by atoms with Gasteiger partial charge in [-0.2, -0.15) is 0 Å². The Kier molecular flexibility index (Phi) is 2.26. The van der Waals surface area contributed by atoms with E-state index >= 15 is 0 Å². The van der Waals surface area contributed by atoms with Gasteiger partial charge in [0.15, 0.2) is 0 Å². The van der Waals surface area contributed by atoms with Crippen LogP contribution in [0.3, 0.4) is 0 Å². The first-order valence-corrected chi connectivity index (χ1v) is 6.55. The van der Waals surface area contributed by atoms with Crippen molar-refractivity contribution in [2.45, 2.75) is 6.42 Å². The molecular weight excluding hydrogens is 268 g/mol. The van der Waals surface area contributed by atoms with Gasteiger partial charge < -0.3 is 0 Å². The van der Waals surface area contributed by atoms with E-state index in [4.69, 9.17) is 0 Å². The average Bonchev–Trinajstić information content (AvgIpc) is 2.87. The average molecular weight is 277 g/mol. The number of benzene rings is 1. The number of hydrogen-bond donors (Lipinski definition) is 0. The van der Waals surface area contributed by atoms with Gasteiger partial charge >= 0.3 is 0 Å². The molecule has 0 bridgehead atoms. The second-order valence-electron chi connectivity index (χ2n) is 3.58. The highest BCUT2D eigenvalue weighted by Crippen LogP contribution is 2.37. The first-order chi connectivity index (χ1) is 7.36. The molecule has 0 N–H and O–H groups in total. The Morgan fingerprint density at radius 2 is 2.13 bits per heavy atom. The monoisotopic (exact) mass is 276 g/mol. The van der Waals surface area contributed by atoms with E-state index in [0.29, 0.717) is 0 Å². The second-order valence-corrected chi connectivity index (χ2v) is 5.32. The number of allylic oxidation sites excluding steroid dienone is 1. The van der Waals surface area contributed by atoms with Gasteiger partial charge in [-0.1, -0.05) is 30.4 Å². The molecule has 0 saturated carbocycles. The smallest absolute Gasteiger partial charge is 0.0354 e. The van der Waals surface area contributed by atoms with Gasteiger partial charge in [-0.15, -0.1) is 11.3 Å². The van der Waals surface area contributed by atoms with Crippen molar-refractivity contribution >= 4 is 33.3 Å². The molecule has 1 heterocycles. The van der Waals surface area contributed by atoms with Gasteiger partial charge in [0.1, 0.15) is 0 Å². The van der Waals surface area contributed by atoms with E-state index in [9.17, 15) is 0 Å². The molecule has 1 aromatic heterocycles. The van der Waals surface area contributed by atoms with E-state index in [1.54, 1.807) is 11.3 Å². The summed E-state index contributed by atoms with van der Waals surface area (Å²) in [5.74, 6) is 0. The van der Waals surface area contributed by atoms with Crippen molar-refractivity contribution in [1.82, 2.24) is 0 Å². The van der Waals surface area contributed by atoms with Crippen molar-refractivity contribution in [2.75, 3.05) is 0 Å². The molecular formula is C13H9BrS. The van der Waals surface area contributed by atoms with Gasteiger partial charge in [0.2, 0.25) is 0 Å². The summed E-state index contributed by atoms with van der Waals surface area (Å²) in [4.78, 5) is 1.33. The van der Waals surface area contributed by atoms with Crippen molar-refractivity contribution < 1.29 is 0 Å². The van der Waals surface area contributed by atoms with Crippen molar-refractivity contribution in [3.63, 3.8) is 0 Å². The Morgan fingerprint density at radius 1 is 1.20 bits per heavy atom. The van der Waals surface area contributed by atoms with E-state index in [-0.39, 0.29) is 0 Å². The van der Waals surface area contributed by atoms with E-state index in [1.165, 1.54) is 26.0 Å². The molecule has 0 unspecified atom stereocenters. The first-order valence-electron chi connectivity index (χ1n) is 4.88. The molecule has 0 fully saturated rings. The number of hydrogen-bond acceptors (Lipinski definition) is 1. The fraction of sp³-hybridized carbons (Fsp3) is 0.0769. The molecule has 15 heavy (non-hydrogen) atoms. The minimum absolute atomic E-state index is 1.05.